The van der Waals surface area contributed by atoms with Gasteiger partial charge in [0.15, 0.2) is 0 Å². The molecule has 6 heteroatoms. The van der Waals surface area contributed by atoms with Crippen molar-refractivity contribution in [3.05, 3.63) is 47.8 Å². The van der Waals surface area contributed by atoms with Gasteiger partial charge >= 0.3 is 5.97 Å². The molecule has 0 bridgehead atoms. The maximum atomic E-state index is 11.8. The molecule has 110 valence electrons. The summed E-state index contributed by atoms with van der Waals surface area (Å²) in [6.45, 7) is 1.86. The van der Waals surface area contributed by atoms with Crippen molar-refractivity contribution in [2.24, 2.45) is 0 Å². The molecule has 2 aromatic rings. The number of aromatic amines is 1. The molecule has 1 heterocycles. The number of nitrogens with one attached hydrogen (secondary N) is 2. The molecule has 0 spiro atoms. The van der Waals surface area contributed by atoms with Gasteiger partial charge in [-0.3, -0.25) is 14.7 Å². The fourth-order valence-corrected chi connectivity index (χ4v) is 2.04. The third-order valence-electron chi connectivity index (χ3n) is 3.15. The predicted octanol–water partition coefficient (Wildman–Crippen LogP) is 2.17. The van der Waals surface area contributed by atoms with Gasteiger partial charge in [-0.05, 0) is 29.7 Å². The summed E-state index contributed by atoms with van der Waals surface area (Å²) >= 11 is 0. The Balaban J connectivity index is 1.92. The van der Waals surface area contributed by atoms with Gasteiger partial charge in [0.2, 0.25) is 5.91 Å². The number of carboxylic acids is 1. The van der Waals surface area contributed by atoms with Crippen molar-refractivity contribution in [2.75, 3.05) is 5.32 Å². The summed E-state index contributed by atoms with van der Waals surface area (Å²) in [5, 5.41) is 18.1. The number of hydrogen-bond acceptors (Lipinski definition) is 3. The Morgan fingerprint density at radius 1 is 1.29 bits per heavy atom. The first-order valence-electron chi connectivity index (χ1n) is 6.64. The average molecular weight is 287 g/mol. The van der Waals surface area contributed by atoms with Gasteiger partial charge in [-0.2, -0.15) is 5.10 Å². The van der Waals surface area contributed by atoms with Gasteiger partial charge in [-0.15, -0.1) is 0 Å². The summed E-state index contributed by atoms with van der Waals surface area (Å²) in [6.07, 6.45) is 1.92. The summed E-state index contributed by atoms with van der Waals surface area (Å²) in [7, 11) is 0. The Hall–Kier alpha value is -2.63. The summed E-state index contributed by atoms with van der Waals surface area (Å²) in [5.74, 6) is -1.01. The quantitative estimate of drug-likeness (QED) is 0.758. The van der Waals surface area contributed by atoms with E-state index in [-0.39, 0.29) is 24.7 Å². The van der Waals surface area contributed by atoms with Crippen LogP contribution in [0.3, 0.4) is 0 Å². The Morgan fingerprint density at radius 3 is 2.57 bits per heavy atom. The van der Waals surface area contributed by atoms with Crippen molar-refractivity contribution in [1.29, 1.82) is 0 Å². The fraction of sp³-hybridized carbons (Fsp3) is 0.267. The topological polar surface area (TPSA) is 95.1 Å². The van der Waals surface area contributed by atoms with Crippen molar-refractivity contribution in [3.8, 4) is 0 Å². The highest BCUT2D eigenvalue weighted by Gasteiger charge is 2.10. The highest BCUT2D eigenvalue weighted by molar-refractivity contribution is 5.92. The number of carbonyl (C=O) groups is 2. The van der Waals surface area contributed by atoms with Gasteiger partial charge in [-0.1, -0.05) is 19.1 Å². The van der Waals surface area contributed by atoms with E-state index in [2.05, 4.69) is 15.5 Å². The number of hydrogen-bond donors (Lipinski definition) is 3. The van der Waals surface area contributed by atoms with Crippen LogP contribution in [0, 0.1) is 0 Å². The molecular formula is C15H17N3O3. The molecule has 0 saturated heterocycles. The monoisotopic (exact) mass is 287 g/mol. The van der Waals surface area contributed by atoms with Gasteiger partial charge in [0.05, 0.1) is 12.8 Å². The lowest BCUT2D eigenvalue weighted by atomic mass is 9.98. The number of carbonyl (C=O) groups excluding carboxylic acids is 1. The highest BCUT2D eigenvalue weighted by atomic mass is 16.4. The molecule has 21 heavy (non-hydrogen) atoms. The molecule has 1 unspecified atom stereocenters. The minimum Gasteiger partial charge on any atom is -0.481 e. The minimum absolute atomic E-state index is 0.0581. The normalized spacial score (nSPS) is 11.9. The predicted molar refractivity (Wildman–Crippen MR) is 78.0 cm³/mol. The first-order valence-corrected chi connectivity index (χ1v) is 6.64. The lowest BCUT2D eigenvalue weighted by Crippen LogP contribution is -2.14. The smallest absolute Gasteiger partial charge is 0.303 e. The number of rotatable bonds is 6. The number of H-pyrrole nitrogens is 1. The number of nitrogens with zero attached hydrogens (tertiary/aromatic N) is 1. The molecule has 0 fully saturated rings. The summed E-state index contributed by atoms with van der Waals surface area (Å²) in [5.41, 5.74) is 2.37. The maximum absolute atomic E-state index is 11.8. The maximum Gasteiger partial charge on any atom is 0.303 e. The van der Waals surface area contributed by atoms with Crippen LogP contribution in [0.1, 0.15) is 30.5 Å². The van der Waals surface area contributed by atoms with E-state index < -0.39 is 5.97 Å². The van der Waals surface area contributed by atoms with E-state index in [0.29, 0.717) is 5.69 Å². The van der Waals surface area contributed by atoms with Crippen LogP contribution in [0.5, 0.6) is 0 Å². The molecule has 0 saturated carbocycles. The van der Waals surface area contributed by atoms with E-state index in [1.165, 1.54) is 0 Å². The van der Waals surface area contributed by atoms with Crippen molar-refractivity contribution in [1.82, 2.24) is 10.2 Å². The molecule has 0 radical (unpaired) electrons. The lowest BCUT2D eigenvalue weighted by Gasteiger charge is -2.10. The SMILES string of the molecule is CC(CC(=O)O)c1ccc(NC(=O)Cc2ccn[nH]2)cc1. The Kier molecular flexibility index (Phi) is 4.71. The lowest BCUT2D eigenvalue weighted by molar-refractivity contribution is -0.137. The van der Waals surface area contributed by atoms with Crippen molar-refractivity contribution >= 4 is 17.6 Å². The molecule has 1 aromatic carbocycles. The number of aromatic nitrogens is 2. The summed E-state index contributed by atoms with van der Waals surface area (Å²) in [4.78, 5) is 22.5. The molecular weight excluding hydrogens is 270 g/mol. The van der Waals surface area contributed by atoms with Crippen LogP contribution >= 0.6 is 0 Å². The largest absolute Gasteiger partial charge is 0.481 e. The summed E-state index contributed by atoms with van der Waals surface area (Å²) < 4.78 is 0. The molecule has 1 amide bonds. The number of carboxylic acid groups (broad SMARTS) is 1. The summed E-state index contributed by atoms with van der Waals surface area (Å²) in [6, 6.07) is 8.96. The van der Waals surface area contributed by atoms with Crippen LogP contribution < -0.4 is 5.32 Å². The van der Waals surface area contributed by atoms with Crippen molar-refractivity contribution in [3.63, 3.8) is 0 Å². The van der Waals surface area contributed by atoms with Crippen LogP contribution in [0.2, 0.25) is 0 Å². The zero-order valence-corrected chi connectivity index (χ0v) is 11.7. The van der Waals surface area contributed by atoms with Gasteiger partial charge < -0.3 is 10.4 Å². The molecule has 1 atom stereocenters. The average Bonchev–Trinajstić information content (AvgIpc) is 2.91. The second-order valence-corrected chi connectivity index (χ2v) is 4.93. The van der Waals surface area contributed by atoms with E-state index in [4.69, 9.17) is 5.11 Å². The van der Waals surface area contributed by atoms with E-state index >= 15 is 0 Å². The number of aliphatic carboxylic acids is 1. The van der Waals surface area contributed by atoms with Gasteiger partial charge in [-0.25, -0.2) is 0 Å². The number of amides is 1. The van der Waals surface area contributed by atoms with E-state index in [0.717, 1.165) is 11.3 Å². The fourth-order valence-electron chi connectivity index (χ4n) is 2.04. The van der Waals surface area contributed by atoms with E-state index in [9.17, 15) is 9.59 Å². The third kappa shape index (κ3) is 4.45. The Bertz CT molecular complexity index is 606. The molecule has 2 rings (SSSR count). The Morgan fingerprint density at radius 2 is 2.00 bits per heavy atom. The molecule has 0 aliphatic heterocycles. The van der Waals surface area contributed by atoms with Crippen LogP contribution in [-0.2, 0) is 16.0 Å². The van der Waals surface area contributed by atoms with Crippen molar-refractivity contribution < 1.29 is 14.7 Å². The van der Waals surface area contributed by atoms with Crippen molar-refractivity contribution in [2.45, 2.75) is 25.7 Å². The second-order valence-electron chi connectivity index (χ2n) is 4.93. The van der Waals surface area contributed by atoms with Gasteiger partial charge in [0, 0.05) is 17.6 Å². The molecule has 3 N–H and O–H groups in total. The zero-order valence-electron chi connectivity index (χ0n) is 11.7. The molecule has 6 nitrogen and oxygen atoms in total. The van der Waals surface area contributed by atoms with Crippen LogP contribution in [0.4, 0.5) is 5.69 Å². The first kappa shape index (κ1) is 14.8. The number of anilines is 1. The molecule has 1 aromatic heterocycles. The third-order valence-corrected chi connectivity index (χ3v) is 3.15. The first-order chi connectivity index (χ1) is 10.0. The van der Waals surface area contributed by atoms with Crippen LogP contribution in [0.25, 0.3) is 0 Å². The van der Waals surface area contributed by atoms with E-state index in [1.54, 1.807) is 24.4 Å². The van der Waals surface area contributed by atoms with Crippen LogP contribution in [-0.4, -0.2) is 27.2 Å². The second kappa shape index (κ2) is 6.69. The number of benzene rings is 1. The minimum atomic E-state index is -0.820. The van der Waals surface area contributed by atoms with Gasteiger partial charge in [0.1, 0.15) is 0 Å². The van der Waals surface area contributed by atoms with Crippen LogP contribution in [0.15, 0.2) is 36.5 Å². The van der Waals surface area contributed by atoms with Gasteiger partial charge in [0.25, 0.3) is 0 Å². The standard InChI is InChI=1S/C15H17N3O3/c1-10(8-15(20)21)11-2-4-12(5-3-11)17-14(19)9-13-6-7-16-18-13/h2-7,10H,8-9H2,1H3,(H,16,18)(H,17,19)(H,20,21). The molecule has 0 aliphatic rings. The highest BCUT2D eigenvalue weighted by Crippen LogP contribution is 2.21. The molecule has 0 aliphatic carbocycles. The van der Waals surface area contributed by atoms with E-state index in [1.807, 2.05) is 19.1 Å². The zero-order chi connectivity index (χ0) is 15.2. The Labute approximate surface area is 122 Å².